The number of amides is 1. The summed E-state index contributed by atoms with van der Waals surface area (Å²) in [5.74, 6) is 0.635. The molecule has 3 rings (SSSR count). The molecule has 1 amide bonds. The van der Waals surface area contributed by atoms with Crippen LogP contribution in [-0.2, 0) is 11.3 Å². The number of aromatic hydroxyl groups is 1. The number of phenolic OH excluding ortho intramolecular Hbond substituents is 1. The van der Waals surface area contributed by atoms with Gasteiger partial charge in [0, 0.05) is 37.9 Å². The summed E-state index contributed by atoms with van der Waals surface area (Å²) >= 11 is 0. The summed E-state index contributed by atoms with van der Waals surface area (Å²) in [5, 5.41) is 18.8. The van der Waals surface area contributed by atoms with Crippen molar-refractivity contribution in [2.75, 3.05) is 31.5 Å². The number of nitrogens with zero attached hydrogens (tertiary/aromatic N) is 2. The minimum absolute atomic E-state index is 0. The van der Waals surface area contributed by atoms with Gasteiger partial charge in [0.25, 0.3) is 0 Å². The van der Waals surface area contributed by atoms with Crippen LogP contribution in [0.25, 0.3) is 0 Å². The molecule has 0 radical (unpaired) electrons. The maximum Gasteiger partial charge on any atom is 0.246 e. The molecule has 0 aromatic heterocycles. The molecule has 0 saturated carbocycles. The predicted molar refractivity (Wildman–Crippen MR) is 141 cm³/mol. The highest BCUT2D eigenvalue weighted by molar-refractivity contribution is 14.0. The Bertz CT molecular complexity index is 880. The number of anilines is 1. The van der Waals surface area contributed by atoms with Gasteiger partial charge in [-0.1, -0.05) is 29.8 Å². The number of rotatable bonds is 7. The van der Waals surface area contributed by atoms with Crippen LogP contribution in [0.2, 0.25) is 0 Å². The topological polar surface area (TPSA) is 89.0 Å². The second-order valence-electron chi connectivity index (χ2n) is 7.97. The van der Waals surface area contributed by atoms with Crippen molar-refractivity contribution >= 4 is 41.5 Å². The van der Waals surface area contributed by atoms with E-state index in [1.165, 1.54) is 23.3 Å². The second-order valence-corrected chi connectivity index (χ2v) is 7.97. The van der Waals surface area contributed by atoms with Gasteiger partial charge in [0.1, 0.15) is 12.3 Å². The van der Waals surface area contributed by atoms with Crippen LogP contribution >= 0.6 is 24.0 Å². The van der Waals surface area contributed by atoms with E-state index in [2.05, 4.69) is 57.0 Å². The molecule has 174 valence electrons. The lowest BCUT2D eigenvalue weighted by molar-refractivity contribution is -0.114. The van der Waals surface area contributed by atoms with Gasteiger partial charge in [0.2, 0.25) is 5.91 Å². The van der Waals surface area contributed by atoms with Crippen LogP contribution < -0.4 is 16.0 Å². The van der Waals surface area contributed by atoms with E-state index in [4.69, 9.17) is 0 Å². The number of piperidine rings is 1. The first kappa shape index (κ1) is 25.9. The summed E-state index contributed by atoms with van der Waals surface area (Å²) in [5.41, 5.74) is 3.30. The first-order chi connectivity index (χ1) is 15.0. The molecule has 0 aliphatic carbocycles. The van der Waals surface area contributed by atoms with Crippen molar-refractivity contribution in [3.63, 3.8) is 0 Å². The molecule has 2 aromatic rings. The van der Waals surface area contributed by atoms with Crippen LogP contribution in [0.4, 0.5) is 5.69 Å². The molecule has 0 spiro atoms. The summed E-state index contributed by atoms with van der Waals surface area (Å²) in [6.07, 6.45) is 2.08. The van der Waals surface area contributed by atoms with Crippen LogP contribution in [0.15, 0.2) is 53.5 Å². The molecule has 1 saturated heterocycles. The Balaban J connectivity index is 0.00000363. The molecular formula is C24H34IN5O2. The zero-order chi connectivity index (χ0) is 22.1. The minimum atomic E-state index is -0.198. The molecule has 8 heteroatoms. The maximum atomic E-state index is 12.2. The fraction of sp³-hybridized carbons (Fsp3) is 0.417. The molecule has 1 aliphatic rings. The molecule has 0 atom stereocenters. The lowest BCUT2D eigenvalue weighted by Gasteiger charge is -2.33. The number of likely N-dealkylation sites (tertiary alicyclic amines) is 1. The third-order valence-electron chi connectivity index (χ3n) is 5.29. The van der Waals surface area contributed by atoms with E-state index >= 15 is 0 Å². The Labute approximate surface area is 207 Å². The Kier molecular flexibility index (Phi) is 10.8. The summed E-state index contributed by atoms with van der Waals surface area (Å²) < 4.78 is 0. The summed E-state index contributed by atoms with van der Waals surface area (Å²) in [6.45, 7) is 7.96. The third kappa shape index (κ3) is 8.66. The van der Waals surface area contributed by atoms with Crippen molar-refractivity contribution in [1.29, 1.82) is 0 Å². The maximum absolute atomic E-state index is 12.2. The van der Waals surface area contributed by atoms with Crippen LogP contribution in [0.1, 0.15) is 30.9 Å². The van der Waals surface area contributed by atoms with E-state index in [1.807, 2.05) is 6.92 Å². The first-order valence-corrected chi connectivity index (χ1v) is 10.9. The summed E-state index contributed by atoms with van der Waals surface area (Å²) in [7, 11) is 0. The number of aryl methyl sites for hydroxylation is 1. The zero-order valence-corrected chi connectivity index (χ0v) is 21.1. The Morgan fingerprint density at radius 2 is 1.88 bits per heavy atom. The van der Waals surface area contributed by atoms with Crippen LogP contribution in [0.3, 0.4) is 0 Å². The van der Waals surface area contributed by atoms with Gasteiger partial charge < -0.3 is 21.1 Å². The normalized spacial score (nSPS) is 15.0. The highest BCUT2D eigenvalue weighted by atomic mass is 127. The molecule has 2 aromatic carbocycles. The molecule has 1 heterocycles. The predicted octanol–water partition coefficient (Wildman–Crippen LogP) is 3.48. The number of carbonyl (C=O) groups is 1. The third-order valence-corrected chi connectivity index (χ3v) is 5.29. The van der Waals surface area contributed by atoms with Crippen molar-refractivity contribution in [3.05, 3.63) is 59.7 Å². The van der Waals surface area contributed by atoms with Crippen molar-refractivity contribution in [2.45, 2.75) is 39.3 Å². The molecule has 32 heavy (non-hydrogen) atoms. The number of benzene rings is 2. The van der Waals surface area contributed by atoms with E-state index in [-0.39, 0.29) is 42.2 Å². The fourth-order valence-electron chi connectivity index (χ4n) is 3.71. The Hall–Kier alpha value is -2.33. The minimum Gasteiger partial charge on any atom is -0.508 e. The molecule has 0 unspecified atom stereocenters. The number of phenols is 1. The number of hydrogen-bond acceptors (Lipinski definition) is 4. The average molecular weight is 551 g/mol. The Morgan fingerprint density at radius 3 is 2.53 bits per heavy atom. The smallest absolute Gasteiger partial charge is 0.246 e. The van der Waals surface area contributed by atoms with E-state index in [1.54, 1.807) is 12.1 Å². The highest BCUT2D eigenvalue weighted by Gasteiger charge is 2.20. The van der Waals surface area contributed by atoms with Crippen LogP contribution in [0, 0.1) is 6.92 Å². The van der Waals surface area contributed by atoms with Gasteiger partial charge in [-0.15, -0.1) is 24.0 Å². The standard InChI is InChI=1S/C24H33N5O2.HI/c1-3-25-24(26-16-23(31)27-20-7-9-22(30)10-8-20)28-21-11-13-29(14-12-21)17-19-6-4-5-18(2)15-19;/h4-10,15,21,30H,3,11-14,16-17H2,1-2H3,(H,27,31)(H2,25,26,28);1H. The molecule has 1 aliphatic heterocycles. The largest absolute Gasteiger partial charge is 0.508 e. The fourth-order valence-corrected chi connectivity index (χ4v) is 3.71. The first-order valence-electron chi connectivity index (χ1n) is 10.9. The number of carbonyl (C=O) groups excluding carboxylic acids is 1. The molecule has 0 bridgehead atoms. The number of aliphatic imine (C=N–C) groups is 1. The van der Waals surface area contributed by atoms with Crippen molar-refractivity contribution in [3.8, 4) is 5.75 Å². The highest BCUT2D eigenvalue weighted by Crippen LogP contribution is 2.15. The lowest BCUT2D eigenvalue weighted by atomic mass is 10.0. The van der Waals surface area contributed by atoms with E-state index in [0.717, 1.165) is 39.0 Å². The summed E-state index contributed by atoms with van der Waals surface area (Å²) in [6, 6.07) is 15.4. The second kappa shape index (κ2) is 13.3. The van der Waals surface area contributed by atoms with E-state index < -0.39 is 0 Å². The van der Waals surface area contributed by atoms with Gasteiger partial charge >= 0.3 is 0 Å². The lowest BCUT2D eigenvalue weighted by Crippen LogP contribution is -2.48. The Morgan fingerprint density at radius 1 is 1.16 bits per heavy atom. The van der Waals surface area contributed by atoms with Gasteiger partial charge in [-0.25, -0.2) is 4.99 Å². The van der Waals surface area contributed by atoms with E-state index in [0.29, 0.717) is 17.7 Å². The van der Waals surface area contributed by atoms with Gasteiger partial charge in [-0.3, -0.25) is 9.69 Å². The summed E-state index contributed by atoms with van der Waals surface area (Å²) in [4.78, 5) is 19.1. The molecule has 4 N–H and O–H groups in total. The number of nitrogens with one attached hydrogen (secondary N) is 3. The van der Waals surface area contributed by atoms with Gasteiger partial charge in [-0.05, 0) is 56.5 Å². The average Bonchev–Trinajstić information content (AvgIpc) is 2.75. The zero-order valence-electron chi connectivity index (χ0n) is 18.8. The number of halogens is 1. The van der Waals surface area contributed by atoms with Crippen molar-refractivity contribution in [1.82, 2.24) is 15.5 Å². The van der Waals surface area contributed by atoms with Crippen LogP contribution in [-0.4, -0.2) is 54.1 Å². The van der Waals surface area contributed by atoms with Crippen molar-refractivity contribution < 1.29 is 9.90 Å². The van der Waals surface area contributed by atoms with Crippen LogP contribution in [0.5, 0.6) is 5.75 Å². The number of guanidine groups is 1. The monoisotopic (exact) mass is 551 g/mol. The molecule has 7 nitrogen and oxygen atoms in total. The van der Waals surface area contributed by atoms with Gasteiger partial charge in [0.15, 0.2) is 5.96 Å². The molecular weight excluding hydrogens is 517 g/mol. The van der Waals surface area contributed by atoms with Gasteiger partial charge in [-0.2, -0.15) is 0 Å². The quantitative estimate of drug-likeness (QED) is 0.183. The number of hydrogen-bond donors (Lipinski definition) is 4. The molecule has 1 fully saturated rings. The van der Waals surface area contributed by atoms with Crippen molar-refractivity contribution in [2.24, 2.45) is 4.99 Å². The SMILES string of the molecule is CCNC(=NCC(=O)Nc1ccc(O)cc1)NC1CCN(Cc2cccc(C)c2)CC1.I. The van der Waals surface area contributed by atoms with Gasteiger partial charge in [0.05, 0.1) is 0 Å². The van der Waals surface area contributed by atoms with E-state index in [9.17, 15) is 9.90 Å².